The SMILES string of the molecule is CN(Cc1ccncn1)C(=O)C[C@@H](c1ccccc1)c1ccc(Cl)cc1. The predicted molar refractivity (Wildman–Crippen MR) is 103 cm³/mol. The van der Waals surface area contributed by atoms with Gasteiger partial charge in [0.15, 0.2) is 0 Å². The van der Waals surface area contributed by atoms with Crippen LogP contribution in [0.3, 0.4) is 0 Å². The second-order valence-electron chi connectivity index (χ2n) is 6.17. The molecular weight excluding hydrogens is 346 g/mol. The van der Waals surface area contributed by atoms with Gasteiger partial charge in [-0.2, -0.15) is 0 Å². The van der Waals surface area contributed by atoms with Crippen molar-refractivity contribution >= 4 is 17.5 Å². The molecule has 4 nitrogen and oxygen atoms in total. The van der Waals surface area contributed by atoms with Gasteiger partial charge >= 0.3 is 0 Å². The van der Waals surface area contributed by atoms with Gasteiger partial charge in [0.1, 0.15) is 6.33 Å². The first kappa shape index (κ1) is 18.1. The van der Waals surface area contributed by atoms with Crippen LogP contribution in [0.25, 0.3) is 0 Å². The molecule has 0 radical (unpaired) electrons. The second kappa shape index (κ2) is 8.59. The lowest BCUT2D eigenvalue weighted by molar-refractivity contribution is -0.130. The Balaban J connectivity index is 1.79. The highest BCUT2D eigenvalue weighted by Gasteiger charge is 2.20. The van der Waals surface area contributed by atoms with Crippen molar-refractivity contribution in [3.8, 4) is 0 Å². The molecule has 1 aromatic heterocycles. The average Bonchev–Trinajstić information content (AvgIpc) is 2.68. The summed E-state index contributed by atoms with van der Waals surface area (Å²) in [6, 6.07) is 19.6. The van der Waals surface area contributed by atoms with E-state index in [0.29, 0.717) is 18.0 Å². The van der Waals surface area contributed by atoms with Crippen molar-refractivity contribution in [2.45, 2.75) is 18.9 Å². The third-order valence-corrected chi connectivity index (χ3v) is 4.57. The van der Waals surface area contributed by atoms with Gasteiger partial charge in [-0.25, -0.2) is 9.97 Å². The molecule has 1 heterocycles. The molecule has 26 heavy (non-hydrogen) atoms. The minimum Gasteiger partial charge on any atom is -0.340 e. The molecule has 0 unspecified atom stereocenters. The van der Waals surface area contributed by atoms with Crippen LogP contribution in [0, 0.1) is 0 Å². The Morgan fingerprint density at radius 2 is 1.73 bits per heavy atom. The maximum absolute atomic E-state index is 12.8. The van der Waals surface area contributed by atoms with Gasteiger partial charge < -0.3 is 4.90 Å². The maximum atomic E-state index is 12.8. The molecule has 3 rings (SSSR count). The molecule has 132 valence electrons. The number of aromatic nitrogens is 2. The molecule has 0 spiro atoms. The highest BCUT2D eigenvalue weighted by atomic mass is 35.5. The van der Waals surface area contributed by atoms with E-state index < -0.39 is 0 Å². The topological polar surface area (TPSA) is 46.1 Å². The number of hydrogen-bond donors (Lipinski definition) is 0. The standard InChI is InChI=1S/C21H20ClN3O/c1-25(14-19-11-12-23-15-24-19)21(26)13-20(16-5-3-2-4-6-16)17-7-9-18(22)10-8-17/h2-12,15,20H,13-14H2,1H3/t20-/m0/s1. The van der Waals surface area contributed by atoms with Crippen molar-refractivity contribution in [2.24, 2.45) is 0 Å². The fourth-order valence-corrected chi connectivity index (χ4v) is 3.01. The van der Waals surface area contributed by atoms with Gasteiger partial charge in [0.2, 0.25) is 5.91 Å². The first-order valence-corrected chi connectivity index (χ1v) is 8.80. The lowest BCUT2D eigenvalue weighted by Gasteiger charge is -2.22. The molecule has 0 saturated heterocycles. The Morgan fingerprint density at radius 3 is 2.38 bits per heavy atom. The number of rotatable bonds is 6. The van der Waals surface area contributed by atoms with E-state index in [0.717, 1.165) is 16.8 Å². The van der Waals surface area contributed by atoms with E-state index in [4.69, 9.17) is 11.6 Å². The smallest absolute Gasteiger partial charge is 0.223 e. The van der Waals surface area contributed by atoms with Crippen LogP contribution in [0.4, 0.5) is 0 Å². The lowest BCUT2D eigenvalue weighted by Crippen LogP contribution is -2.28. The molecule has 0 saturated carbocycles. The zero-order valence-electron chi connectivity index (χ0n) is 14.5. The van der Waals surface area contributed by atoms with E-state index in [1.807, 2.05) is 48.5 Å². The van der Waals surface area contributed by atoms with Crippen LogP contribution >= 0.6 is 11.6 Å². The van der Waals surface area contributed by atoms with Gasteiger partial charge in [0.05, 0.1) is 12.2 Å². The summed E-state index contributed by atoms with van der Waals surface area (Å²) in [5.74, 6) is 0.0428. The molecule has 5 heteroatoms. The van der Waals surface area contributed by atoms with E-state index in [1.165, 1.54) is 6.33 Å². The largest absolute Gasteiger partial charge is 0.340 e. The Morgan fingerprint density at radius 1 is 1.04 bits per heavy atom. The van der Waals surface area contributed by atoms with Gasteiger partial charge in [-0.3, -0.25) is 4.79 Å². The Kier molecular flexibility index (Phi) is 5.97. The molecule has 2 aromatic carbocycles. The van der Waals surface area contributed by atoms with Crippen LogP contribution in [-0.4, -0.2) is 27.8 Å². The summed E-state index contributed by atoms with van der Waals surface area (Å²) in [6.45, 7) is 0.462. The second-order valence-corrected chi connectivity index (χ2v) is 6.61. The molecule has 0 fully saturated rings. The monoisotopic (exact) mass is 365 g/mol. The molecule has 0 aliphatic rings. The number of benzene rings is 2. The first-order valence-electron chi connectivity index (χ1n) is 8.43. The predicted octanol–water partition coefficient (Wildman–Crippen LogP) is 4.31. The van der Waals surface area contributed by atoms with Crippen LogP contribution in [0.2, 0.25) is 5.02 Å². The number of carbonyl (C=O) groups excluding carboxylic acids is 1. The summed E-state index contributed by atoms with van der Waals surface area (Å²) in [5.41, 5.74) is 3.00. The Labute approximate surface area is 158 Å². The number of hydrogen-bond acceptors (Lipinski definition) is 3. The van der Waals surface area contributed by atoms with Crippen molar-refractivity contribution in [2.75, 3.05) is 7.05 Å². The van der Waals surface area contributed by atoms with Gasteiger partial charge in [-0.05, 0) is 29.3 Å². The van der Waals surface area contributed by atoms with Crippen LogP contribution < -0.4 is 0 Å². The molecule has 0 aliphatic carbocycles. The van der Waals surface area contributed by atoms with Crippen molar-refractivity contribution in [3.63, 3.8) is 0 Å². The van der Waals surface area contributed by atoms with E-state index in [-0.39, 0.29) is 11.8 Å². The van der Waals surface area contributed by atoms with Crippen LogP contribution in [-0.2, 0) is 11.3 Å². The zero-order chi connectivity index (χ0) is 18.4. The van der Waals surface area contributed by atoms with Crippen molar-refractivity contribution in [1.29, 1.82) is 0 Å². The minimum atomic E-state index is -0.0196. The van der Waals surface area contributed by atoms with Gasteiger partial charge in [0, 0.05) is 30.6 Å². The molecule has 3 aromatic rings. The number of carbonyl (C=O) groups is 1. The Hall–Kier alpha value is -2.72. The van der Waals surface area contributed by atoms with Crippen molar-refractivity contribution in [3.05, 3.63) is 95.0 Å². The van der Waals surface area contributed by atoms with Crippen LogP contribution in [0.15, 0.2) is 73.2 Å². The maximum Gasteiger partial charge on any atom is 0.223 e. The van der Waals surface area contributed by atoms with Gasteiger partial charge in [-0.1, -0.05) is 54.1 Å². The van der Waals surface area contributed by atoms with Crippen LogP contribution in [0.5, 0.6) is 0 Å². The number of halogens is 1. The van der Waals surface area contributed by atoms with E-state index in [9.17, 15) is 4.79 Å². The molecule has 0 aliphatic heterocycles. The highest BCUT2D eigenvalue weighted by molar-refractivity contribution is 6.30. The third-order valence-electron chi connectivity index (χ3n) is 4.32. The lowest BCUT2D eigenvalue weighted by atomic mass is 9.88. The fraction of sp³-hybridized carbons (Fsp3) is 0.190. The number of amides is 1. The average molecular weight is 366 g/mol. The zero-order valence-corrected chi connectivity index (χ0v) is 15.3. The molecule has 0 bridgehead atoms. The van der Waals surface area contributed by atoms with E-state index in [2.05, 4.69) is 22.1 Å². The normalized spacial score (nSPS) is 11.8. The van der Waals surface area contributed by atoms with Crippen LogP contribution in [0.1, 0.15) is 29.2 Å². The first-order chi connectivity index (χ1) is 12.6. The summed E-state index contributed by atoms with van der Waals surface area (Å²) in [5, 5.41) is 0.688. The third kappa shape index (κ3) is 4.67. The Bertz CT molecular complexity index is 838. The van der Waals surface area contributed by atoms with Crippen molar-refractivity contribution in [1.82, 2.24) is 14.9 Å². The summed E-state index contributed by atoms with van der Waals surface area (Å²) in [7, 11) is 1.80. The molecular formula is C21H20ClN3O. The quantitative estimate of drug-likeness (QED) is 0.653. The van der Waals surface area contributed by atoms with E-state index >= 15 is 0 Å². The summed E-state index contributed by atoms with van der Waals surface area (Å²) in [6.07, 6.45) is 3.56. The summed E-state index contributed by atoms with van der Waals surface area (Å²) >= 11 is 6.02. The fourth-order valence-electron chi connectivity index (χ4n) is 2.88. The molecule has 1 amide bonds. The van der Waals surface area contributed by atoms with Gasteiger partial charge in [0.25, 0.3) is 0 Å². The summed E-state index contributed by atoms with van der Waals surface area (Å²) < 4.78 is 0. The summed E-state index contributed by atoms with van der Waals surface area (Å²) in [4.78, 5) is 22.6. The molecule has 0 N–H and O–H groups in total. The highest BCUT2D eigenvalue weighted by Crippen LogP contribution is 2.29. The molecule has 1 atom stereocenters. The minimum absolute atomic E-state index is 0.0196. The van der Waals surface area contributed by atoms with Crippen molar-refractivity contribution < 1.29 is 4.79 Å². The van der Waals surface area contributed by atoms with Gasteiger partial charge in [-0.15, -0.1) is 0 Å². The number of nitrogens with zero attached hydrogens (tertiary/aromatic N) is 3. The van der Waals surface area contributed by atoms with E-state index in [1.54, 1.807) is 18.1 Å².